The van der Waals surface area contributed by atoms with Crippen LogP contribution in [0, 0.1) is 16.7 Å². The fraction of sp³-hybridized carbons (Fsp3) is 0.520. The fourth-order valence-corrected chi connectivity index (χ4v) is 4.59. The first-order chi connectivity index (χ1) is 15.3. The van der Waals surface area contributed by atoms with Crippen molar-refractivity contribution in [3.05, 3.63) is 46.4 Å². The molecule has 0 spiro atoms. The predicted molar refractivity (Wildman–Crippen MR) is 122 cm³/mol. The first-order valence-electron chi connectivity index (χ1n) is 11.1. The van der Waals surface area contributed by atoms with E-state index in [0.717, 1.165) is 11.3 Å². The van der Waals surface area contributed by atoms with Crippen molar-refractivity contribution in [1.29, 1.82) is 5.26 Å². The highest BCUT2D eigenvalue weighted by Gasteiger charge is 2.44. The van der Waals surface area contributed by atoms with Gasteiger partial charge in [0.2, 0.25) is 0 Å². The van der Waals surface area contributed by atoms with Gasteiger partial charge in [0, 0.05) is 31.3 Å². The molecule has 3 rings (SSSR count). The lowest BCUT2D eigenvalue weighted by atomic mass is 9.68. The van der Waals surface area contributed by atoms with Gasteiger partial charge in [-0.15, -0.1) is 0 Å². The van der Waals surface area contributed by atoms with E-state index in [9.17, 15) is 10.1 Å². The number of hydrogen-bond donors (Lipinski definition) is 1. The standard InChI is InChI=1S/C25H33N3O4/c1-6-31-20-9-8-16(12-21(20)32-7-2)22-17(15-26)24(27)28(10-11-30-5)18-13-25(3,4)14-19(29)23(18)22/h8-9,12,22H,6-7,10-11,13-14,27H2,1-5H3/t22-/m0/s1. The van der Waals surface area contributed by atoms with Gasteiger partial charge in [0.05, 0.1) is 37.4 Å². The molecule has 7 heteroatoms. The molecule has 1 heterocycles. The number of carbonyl (C=O) groups is 1. The second-order valence-corrected chi connectivity index (χ2v) is 8.86. The Labute approximate surface area is 190 Å². The number of allylic oxidation sites excluding steroid dienone is 3. The highest BCUT2D eigenvalue weighted by atomic mass is 16.5. The smallest absolute Gasteiger partial charge is 0.162 e. The first-order valence-corrected chi connectivity index (χ1v) is 11.1. The van der Waals surface area contributed by atoms with Crippen molar-refractivity contribution in [2.75, 3.05) is 33.5 Å². The topological polar surface area (TPSA) is 97.8 Å². The van der Waals surface area contributed by atoms with Crippen LogP contribution in [0.25, 0.3) is 0 Å². The number of rotatable bonds is 8. The summed E-state index contributed by atoms with van der Waals surface area (Å²) < 4.78 is 16.8. The summed E-state index contributed by atoms with van der Waals surface area (Å²) in [6, 6.07) is 7.89. The summed E-state index contributed by atoms with van der Waals surface area (Å²) in [7, 11) is 1.62. The Hall–Kier alpha value is -2.98. The molecule has 0 amide bonds. The molecule has 0 aromatic heterocycles. The number of nitriles is 1. The van der Waals surface area contributed by atoms with Crippen LogP contribution in [-0.2, 0) is 9.53 Å². The maximum atomic E-state index is 13.5. The number of benzene rings is 1. The molecule has 2 N–H and O–H groups in total. The average molecular weight is 440 g/mol. The molecule has 0 bridgehead atoms. The summed E-state index contributed by atoms with van der Waals surface area (Å²) in [6.45, 7) is 9.89. The summed E-state index contributed by atoms with van der Waals surface area (Å²) in [5.41, 5.74) is 9.06. The molecule has 0 unspecified atom stereocenters. The van der Waals surface area contributed by atoms with Crippen LogP contribution in [0.5, 0.6) is 11.5 Å². The highest BCUT2D eigenvalue weighted by Crippen LogP contribution is 2.49. The SMILES string of the molecule is CCOc1ccc([C@H]2C(C#N)=C(N)N(CCOC)C3=C2C(=O)CC(C)(C)C3)cc1OCC. The number of nitrogens with zero attached hydrogens (tertiary/aromatic N) is 2. The Morgan fingerprint density at radius 1 is 1.19 bits per heavy atom. The Morgan fingerprint density at radius 3 is 2.50 bits per heavy atom. The third kappa shape index (κ3) is 4.46. The van der Waals surface area contributed by atoms with E-state index >= 15 is 0 Å². The molecule has 1 aliphatic carbocycles. The minimum atomic E-state index is -0.535. The lowest BCUT2D eigenvalue weighted by molar-refractivity contribution is -0.118. The molecule has 32 heavy (non-hydrogen) atoms. The van der Waals surface area contributed by atoms with Crippen LogP contribution in [0.1, 0.15) is 52.0 Å². The number of Topliss-reactive ketones (excluding diaryl/α,β-unsaturated/α-hetero) is 1. The van der Waals surface area contributed by atoms with Crippen LogP contribution < -0.4 is 15.2 Å². The van der Waals surface area contributed by atoms with Gasteiger partial charge < -0.3 is 24.8 Å². The van der Waals surface area contributed by atoms with E-state index in [2.05, 4.69) is 19.9 Å². The van der Waals surface area contributed by atoms with Crippen molar-refractivity contribution in [1.82, 2.24) is 4.90 Å². The van der Waals surface area contributed by atoms with Crippen molar-refractivity contribution in [3.8, 4) is 17.6 Å². The minimum absolute atomic E-state index is 0.0516. The molecule has 1 aromatic rings. The minimum Gasteiger partial charge on any atom is -0.490 e. The van der Waals surface area contributed by atoms with E-state index in [1.54, 1.807) is 7.11 Å². The zero-order valence-corrected chi connectivity index (χ0v) is 19.7. The second-order valence-electron chi connectivity index (χ2n) is 8.86. The van der Waals surface area contributed by atoms with Crippen LogP contribution in [0.2, 0.25) is 0 Å². The number of nitrogens with two attached hydrogens (primary N) is 1. The van der Waals surface area contributed by atoms with Crippen molar-refractivity contribution < 1.29 is 19.0 Å². The first kappa shape index (κ1) is 23.7. The van der Waals surface area contributed by atoms with Crippen molar-refractivity contribution in [2.45, 2.75) is 46.5 Å². The van der Waals surface area contributed by atoms with Gasteiger partial charge in [-0.3, -0.25) is 4.79 Å². The van der Waals surface area contributed by atoms with Gasteiger partial charge in [-0.1, -0.05) is 19.9 Å². The zero-order valence-electron chi connectivity index (χ0n) is 19.7. The fourth-order valence-electron chi connectivity index (χ4n) is 4.59. The molecule has 172 valence electrons. The van der Waals surface area contributed by atoms with Gasteiger partial charge >= 0.3 is 0 Å². The Balaban J connectivity index is 2.20. The summed E-state index contributed by atoms with van der Waals surface area (Å²) in [4.78, 5) is 15.3. The largest absolute Gasteiger partial charge is 0.490 e. The summed E-state index contributed by atoms with van der Waals surface area (Å²) >= 11 is 0. The molecule has 0 saturated carbocycles. The van der Waals surface area contributed by atoms with Crippen LogP contribution in [0.3, 0.4) is 0 Å². The lowest BCUT2D eigenvalue weighted by Gasteiger charge is -2.43. The molecule has 2 aliphatic rings. The summed E-state index contributed by atoms with van der Waals surface area (Å²) in [5, 5.41) is 10.1. The monoisotopic (exact) mass is 439 g/mol. The van der Waals surface area contributed by atoms with Crippen LogP contribution in [0.15, 0.2) is 40.9 Å². The van der Waals surface area contributed by atoms with Crippen LogP contribution in [-0.4, -0.2) is 44.2 Å². The Bertz CT molecular complexity index is 987. The summed E-state index contributed by atoms with van der Waals surface area (Å²) in [5.74, 6) is 1.13. The lowest BCUT2D eigenvalue weighted by Crippen LogP contribution is -2.43. The van der Waals surface area contributed by atoms with E-state index in [1.807, 2.05) is 36.9 Å². The van der Waals surface area contributed by atoms with Crippen molar-refractivity contribution in [2.24, 2.45) is 11.1 Å². The van der Waals surface area contributed by atoms with Gasteiger partial charge in [-0.25, -0.2) is 0 Å². The normalized spacial score (nSPS) is 20.2. The Kier molecular flexibility index (Phi) is 7.15. The number of hydrogen-bond acceptors (Lipinski definition) is 7. The van der Waals surface area contributed by atoms with E-state index in [1.165, 1.54) is 0 Å². The highest BCUT2D eigenvalue weighted by molar-refractivity contribution is 6.00. The quantitative estimate of drug-likeness (QED) is 0.657. The number of ether oxygens (including phenoxy) is 3. The molecule has 0 fully saturated rings. The van der Waals surface area contributed by atoms with Crippen molar-refractivity contribution in [3.63, 3.8) is 0 Å². The number of ketones is 1. The molecule has 1 aliphatic heterocycles. The Morgan fingerprint density at radius 2 is 1.88 bits per heavy atom. The van der Waals surface area contributed by atoms with Crippen LogP contribution >= 0.6 is 0 Å². The molecular formula is C25H33N3O4. The van der Waals surface area contributed by atoms with Gasteiger partial charge in [-0.05, 0) is 43.4 Å². The number of methoxy groups -OCH3 is 1. The predicted octanol–water partition coefficient (Wildman–Crippen LogP) is 3.87. The van der Waals surface area contributed by atoms with Crippen LogP contribution in [0.4, 0.5) is 0 Å². The molecule has 7 nitrogen and oxygen atoms in total. The molecule has 1 atom stereocenters. The number of carbonyl (C=O) groups excluding carboxylic acids is 1. The van der Waals surface area contributed by atoms with Gasteiger partial charge in [-0.2, -0.15) is 5.26 Å². The molecule has 0 saturated heterocycles. The van der Waals surface area contributed by atoms with Gasteiger partial charge in [0.15, 0.2) is 17.3 Å². The molecular weight excluding hydrogens is 406 g/mol. The van der Waals surface area contributed by atoms with E-state index in [4.69, 9.17) is 19.9 Å². The van der Waals surface area contributed by atoms with E-state index < -0.39 is 5.92 Å². The van der Waals surface area contributed by atoms with Gasteiger partial charge in [0.1, 0.15) is 5.82 Å². The van der Waals surface area contributed by atoms with E-state index in [-0.39, 0.29) is 11.2 Å². The molecule has 1 aromatic carbocycles. The summed E-state index contributed by atoms with van der Waals surface area (Å²) in [6.07, 6.45) is 1.12. The van der Waals surface area contributed by atoms with E-state index in [0.29, 0.717) is 67.7 Å². The zero-order chi connectivity index (χ0) is 23.5. The van der Waals surface area contributed by atoms with Crippen molar-refractivity contribution >= 4 is 5.78 Å². The maximum absolute atomic E-state index is 13.5. The third-order valence-electron chi connectivity index (χ3n) is 5.91. The van der Waals surface area contributed by atoms with Gasteiger partial charge in [0.25, 0.3) is 0 Å². The second kappa shape index (κ2) is 9.66. The average Bonchev–Trinajstić information content (AvgIpc) is 2.73. The third-order valence-corrected chi connectivity index (χ3v) is 5.91. The molecule has 0 radical (unpaired) electrons. The maximum Gasteiger partial charge on any atom is 0.162 e.